The fourth-order valence-electron chi connectivity index (χ4n) is 2.19. The minimum absolute atomic E-state index is 0.0518. The van der Waals surface area contributed by atoms with Gasteiger partial charge >= 0.3 is 0 Å². The number of hydrogen-bond acceptors (Lipinski definition) is 3. The SMILES string of the molecule is CC1NC(=O)c2c1ccnc2-c1cnn(C)c1. The van der Waals surface area contributed by atoms with Gasteiger partial charge in [0.15, 0.2) is 0 Å². The summed E-state index contributed by atoms with van der Waals surface area (Å²) in [6, 6.07) is 1.94. The van der Waals surface area contributed by atoms with Crippen LogP contribution in [0.4, 0.5) is 0 Å². The van der Waals surface area contributed by atoms with E-state index >= 15 is 0 Å². The number of amides is 1. The zero-order valence-corrected chi connectivity index (χ0v) is 9.64. The summed E-state index contributed by atoms with van der Waals surface area (Å²) in [5, 5.41) is 7.00. The number of aromatic nitrogens is 3. The standard InChI is InChI=1S/C12H12N4O/c1-7-9-3-4-13-11(10(9)12(17)15-7)8-5-14-16(2)6-8/h3-7H,1-2H3,(H,15,17). The maximum atomic E-state index is 11.9. The van der Waals surface area contributed by atoms with E-state index in [0.29, 0.717) is 11.3 Å². The summed E-state index contributed by atoms with van der Waals surface area (Å²) in [4.78, 5) is 16.2. The molecule has 1 aliphatic heterocycles. The van der Waals surface area contributed by atoms with Crippen LogP contribution in [-0.4, -0.2) is 20.7 Å². The lowest BCUT2D eigenvalue weighted by Gasteiger charge is -2.04. The Labute approximate surface area is 98.5 Å². The predicted octanol–water partition coefficient (Wildman–Crippen LogP) is 1.29. The first kappa shape index (κ1) is 10.0. The summed E-state index contributed by atoms with van der Waals surface area (Å²) in [5.74, 6) is -0.0561. The summed E-state index contributed by atoms with van der Waals surface area (Å²) in [7, 11) is 1.84. The number of carbonyl (C=O) groups is 1. The maximum Gasteiger partial charge on any atom is 0.254 e. The number of rotatable bonds is 1. The van der Waals surface area contributed by atoms with Crippen molar-refractivity contribution in [3.8, 4) is 11.3 Å². The molecule has 3 heterocycles. The van der Waals surface area contributed by atoms with Gasteiger partial charge in [0.25, 0.3) is 5.91 Å². The minimum atomic E-state index is -0.0561. The van der Waals surface area contributed by atoms with Crippen LogP contribution in [0.5, 0.6) is 0 Å². The third-order valence-electron chi connectivity index (χ3n) is 3.00. The van der Waals surface area contributed by atoms with Crippen molar-refractivity contribution in [3.63, 3.8) is 0 Å². The average Bonchev–Trinajstić information content (AvgIpc) is 2.85. The molecule has 0 fully saturated rings. The van der Waals surface area contributed by atoms with Gasteiger partial charge in [-0.05, 0) is 18.6 Å². The van der Waals surface area contributed by atoms with Crippen LogP contribution in [0.1, 0.15) is 28.9 Å². The van der Waals surface area contributed by atoms with Gasteiger partial charge in [0, 0.05) is 25.0 Å². The highest BCUT2D eigenvalue weighted by molar-refractivity contribution is 6.04. The Hall–Kier alpha value is -2.17. The van der Waals surface area contributed by atoms with E-state index < -0.39 is 0 Å². The Morgan fingerprint density at radius 2 is 2.29 bits per heavy atom. The first-order chi connectivity index (χ1) is 8.16. The fourth-order valence-corrected chi connectivity index (χ4v) is 2.19. The second-order valence-corrected chi connectivity index (χ2v) is 4.22. The Balaban J connectivity index is 2.23. The predicted molar refractivity (Wildman–Crippen MR) is 62.3 cm³/mol. The second kappa shape index (κ2) is 3.41. The number of hydrogen-bond donors (Lipinski definition) is 1. The van der Waals surface area contributed by atoms with Crippen molar-refractivity contribution in [1.82, 2.24) is 20.1 Å². The molecule has 86 valence electrons. The highest BCUT2D eigenvalue weighted by Gasteiger charge is 2.29. The van der Waals surface area contributed by atoms with E-state index in [4.69, 9.17) is 0 Å². The van der Waals surface area contributed by atoms with E-state index in [1.807, 2.05) is 26.2 Å². The van der Waals surface area contributed by atoms with Crippen molar-refractivity contribution in [2.45, 2.75) is 13.0 Å². The van der Waals surface area contributed by atoms with Gasteiger partial charge < -0.3 is 5.32 Å². The number of nitrogens with one attached hydrogen (secondary N) is 1. The molecule has 0 bridgehead atoms. The van der Waals surface area contributed by atoms with Crippen LogP contribution in [0, 0.1) is 0 Å². The molecule has 1 N–H and O–H groups in total. The molecule has 17 heavy (non-hydrogen) atoms. The monoisotopic (exact) mass is 228 g/mol. The summed E-state index contributed by atoms with van der Waals surface area (Å²) < 4.78 is 1.70. The molecule has 5 heteroatoms. The molecule has 1 aliphatic rings. The van der Waals surface area contributed by atoms with Crippen LogP contribution in [0.2, 0.25) is 0 Å². The topological polar surface area (TPSA) is 59.8 Å². The van der Waals surface area contributed by atoms with Crippen LogP contribution in [0.25, 0.3) is 11.3 Å². The lowest BCUT2D eigenvalue weighted by atomic mass is 10.0. The maximum absolute atomic E-state index is 11.9. The number of nitrogens with zero attached hydrogens (tertiary/aromatic N) is 3. The Morgan fingerprint density at radius 3 is 3.00 bits per heavy atom. The van der Waals surface area contributed by atoms with Crippen LogP contribution >= 0.6 is 0 Å². The van der Waals surface area contributed by atoms with E-state index in [1.165, 1.54) is 0 Å². The number of carbonyl (C=O) groups excluding carboxylic acids is 1. The summed E-state index contributed by atoms with van der Waals surface area (Å²) in [6.07, 6.45) is 5.32. The van der Waals surface area contributed by atoms with Gasteiger partial charge in [-0.15, -0.1) is 0 Å². The van der Waals surface area contributed by atoms with Gasteiger partial charge in [0.1, 0.15) is 0 Å². The molecule has 0 aromatic carbocycles. The van der Waals surface area contributed by atoms with E-state index in [9.17, 15) is 4.79 Å². The van der Waals surface area contributed by atoms with Crippen molar-refractivity contribution in [2.24, 2.45) is 7.05 Å². The summed E-state index contributed by atoms with van der Waals surface area (Å²) in [6.45, 7) is 1.97. The fraction of sp³-hybridized carbons (Fsp3) is 0.250. The van der Waals surface area contributed by atoms with E-state index in [1.54, 1.807) is 17.1 Å². The van der Waals surface area contributed by atoms with E-state index in [-0.39, 0.29) is 11.9 Å². The van der Waals surface area contributed by atoms with Crippen molar-refractivity contribution >= 4 is 5.91 Å². The molecular formula is C12H12N4O. The highest BCUT2D eigenvalue weighted by Crippen LogP contribution is 2.31. The van der Waals surface area contributed by atoms with Crippen molar-refractivity contribution in [3.05, 3.63) is 35.8 Å². The molecular weight excluding hydrogens is 216 g/mol. The van der Waals surface area contributed by atoms with Crippen LogP contribution in [-0.2, 0) is 7.05 Å². The molecule has 0 aliphatic carbocycles. The first-order valence-corrected chi connectivity index (χ1v) is 5.45. The number of aryl methyl sites for hydroxylation is 1. The third-order valence-corrected chi connectivity index (χ3v) is 3.00. The number of fused-ring (bicyclic) bond motifs is 1. The Morgan fingerprint density at radius 1 is 1.47 bits per heavy atom. The van der Waals surface area contributed by atoms with Gasteiger partial charge in [-0.25, -0.2) is 0 Å². The van der Waals surface area contributed by atoms with Gasteiger partial charge in [-0.1, -0.05) is 0 Å². The lowest BCUT2D eigenvalue weighted by molar-refractivity contribution is 0.0959. The number of pyridine rings is 1. The van der Waals surface area contributed by atoms with Gasteiger partial charge in [0.2, 0.25) is 0 Å². The van der Waals surface area contributed by atoms with Crippen molar-refractivity contribution in [1.29, 1.82) is 0 Å². The van der Waals surface area contributed by atoms with Gasteiger partial charge in [-0.2, -0.15) is 5.10 Å². The molecule has 1 unspecified atom stereocenters. The molecule has 1 amide bonds. The molecule has 2 aromatic rings. The van der Waals surface area contributed by atoms with Crippen molar-refractivity contribution < 1.29 is 4.79 Å². The molecule has 0 saturated carbocycles. The normalized spacial score (nSPS) is 18.0. The first-order valence-electron chi connectivity index (χ1n) is 5.45. The second-order valence-electron chi connectivity index (χ2n) is 4.22. The average molecular weight is 228 g/mol. The molecule has 5 nitrogen and oxygen atoms in total. The Kier molecular flexibility index (Phi) is 2.01. The molecule has 2 aromatic heterocycles. The van der Waals surface area contributed by atoms with Crippen LogP contribution in [0.3, 0.4) is 0 Å². The minimum Gasteiger partial charge on any atom is -0.345 e. The van der Waals surface area contributed by atoms with Crippen LogP contribution < -0.4 is 5.32 Å². The molecule has 0 radical (unpaired) electrons. The molecule has 1 atom stereocenters. The van der Waals surface area contributed by atoms with Gasteiger partial charge in [-0.3, -0.25) is 14.5 Å². The molecule has 0 spiro atoms. The zero-order valence-electron chi connectivity index (χ0n) is 9.64. The zero-order chi connectivity index (χ0) is 12.0. The molecule has 3 rings (SSSR count). The highest BCUT2D eigenvalue weighted by atomic mass is 16.2. The quantitative estimate of drug-likeness (QED) is 0.800. The smallest absolute Gasteiger partial charge is 0.254 e. The molecule has 0 saturated heterocycles. The Bertz CT molecular complexity index is 602. The summed E-state index contributed by atoms with van der Waals surface area (Å²) >= 11 is 0. The summed E-state index contributed by atoms with van der Waals surface area (Å²) in [5.41, 5.74) is 3.25. The third kappa shape index (κ3) is 1.43. The van der Waals surface area contributed by atoms with E-state index in [0.717, 1.165) is 11.1 Å². The van der Waals surface area contributed by atoms with E-state index in [2.05, 4.69) is 15.4 Å². The van der Waals surface area contributed by atoms with Crippen molar-refractivity contribution in [2.75, 3.05) is 0 Å². The van der Waals surface area contributed by atoms with Gasteiger partial charge in [0.05, 0.1) is 23.5 Å². The van der Waals surface area contributed by atoms with Crippen LogP contribution in [0.15, 0.2) is 24.7 Å². The largest absolute Gasteiger partial charge is 0.345 e. The lowest BCUT2D eigenvalue weighted by Crippen LogP contribution is -2.16.